The number of rotatable bonds is 3. The van der Waals surface area contributed by atoms with Gasteiger partial charge in [-0.05, 0) is 49.1 Å². The highest BCUT2D eigenvalue weighted by atomic mass is 16.4. The maximum Gasteiger partial charge on any atom is 0.251 e. The second-order valence-electron chi connectivity index (χ2n) is 6.41. The standard InChI is InChI=1S/C20H19N3O2/c1-12-9-16(7-8-21-12)20(24)23-18-6-4-14-10-15(3-5-17(14)18)19-11-22-13(2)25-19/h3,5,7-11,18H,4,6H2,1-2H3,(H,23,24). The van der Waals surface area contributed by atoms with E-state index in [1.165, 1.54) is 11.1 Å². The third-order valence-electron chi connectivity index (χ3n) is 4.59. The summed E-state index contributed by atoms with van der Waals surface area (Å²) < 4.78 is 5.60. The van der Waals surface area contributed by atoms with Crippen molar-refractivity contribution in [3.8, 4) is 11.3 Å². The van der Waals surface area contributed by atoms with E-state index in [-0.39, 0.29) is 11.9 Å². The fourth-order valence-corrected chi connectivity index (χ4v) is 3.34. The predicted molar refractivity (Wildman–Crippen MR) is 94.2 cm³/mol. The number of fused-ring (bicyclic) bond motifs is 1. The minimum Gasteiger partial charge on any atom is -0.441 e. The highest BCUT2D eigenvalue weighted by Crippen LogP contribution is 2.34. The fraction of sp³-hybridized carbons (Fsp3) is 0.250. The summed E-state index contributed by atoms with van der Waals surface area (Å²) in [5, 5.41) is 3.14. The van der Waals surface area contributed by atoms with Crippen LogP contribution < -0.4 is 5.32 Å². The molecule has 25 heavy (non-hydrogen) atoms. The first-order valence-corrected chi connectivity index (χ1v) is 8.39. The van der Waals surface area contributed by atoms with Crippen molar-refractivity contribution in [2.75, 3.05) is 0 Å². The van der Waals surface area contributed by atoms with Crippen molar-refractivity contribution >= 4 is 5.91 Å². The van der Waals surface area contributed by atoms with Crippen molar-refractivity contribution in [1.29, 1.82) is 0 Å². The molecule has 0 radical (unpaired) electrons. The zero-order valence-corrected chi connectivity index (χ0v) is 14.2. The molecule has 1 amide bonds. The van der Waals surface area contributed by atoms with E-state index in [9.17, 15) is 4.79 Å². The molecule has 0 bridgehead atoms. The summed E-state index contributed by atoms with van der Waals surface area (Å²) in [7, 11) is 0. The molecule has 0 aliphatic heterocycles. The smallest absolute Gasteiger partial charge is 0.251 e. The van der Waals surface area contributed by atoms with Gasteiger partial charge < -0.3 is 9.73 Å². The van der Waals surface area contributed by atoms with Crippen LogP contribution in [0, 0.1) is 13.8 Å². The number of hydrogen-bond donors (Lipinski definition) is 1. The average molecular weight is 333 g/mol. The van der Waals surface area contributed by atoms with Crippen molar-refractivity contribution in [2.45, 2.75) is 32.7 Å². The number of benzene rings is 1. The Labute approximate surface area is 146 Å². The van der Waals surface area contributed by atoms with Crippen LogP contribution in [0.4, 0.5) is 0 Å². The Bertz CT molecular complexity index is 946. The molecule has 0 spiro atoms. The van der Waals surface area contributed by atoms with E-state index in [0.717, 1.165) is 29.9 Å². The molecule has 1 aliphatic carbocycles. The number of carbonyl (C=O) groups excluding carboxylic acids is 1. The molecule has 5 heteroatoms. The monoisotopic (exact) mass is 333 g/mol. The van der Waals surface area contributed by atoms with Gasteiger partial charge in [0.1, 0.15) is 0 Å². The van der Waals surface area contributed by atoms with Crippen LogP contribution in [0.15, 0.2) is 47.1 Å². The lowest BCUT2D eigenvalue weighted by molar-refractivity contribution is 0.0936. The maximum atomic E-state index is 12.5. The predicted octanol–water partition coefficient (Wildman–Crippen LogP) is 3.77. The molecule has 2 aromatic heterocycles. The van der Waals surface area contributed by atoms with Crippen LogP contribution in [0.5, 0.6) is 0 Å². The van der Waals surface area contributed by atoms with Gasteiger partial charge in [-0.25, -0.2) is 4.98 Å². The number of aromatic nitrogens is 2. The Morgan fingerprint density at radius 2 is 2.08 bits per heavy atom. The molecule has 0 fully saturated rings. The zero-order valence-electron chi connectivity index (χ0n) is 14.2. The second-order valence-corrected chi connectivity index (χ2v) is 6.41. The van der Waals surface area contributed by atoms with E-state index in [0.29, 0.717) is 11.5 Å². The summed E-state index contributed by atoms with van der Waals surface area (Å²) in [4.78, 5) is 20.8. The summed E-state index contributed by atoms with van der Waals surface area (Å²) in [6, 6.07) is 9.84. The molecule has 1 atom stereocenters. The van der Waals surface area contributed by atoms with Crippen molar-refractivity contribution < 1.29 is 9.21 Å². The largest absolute Gasteiger partial charge is 0.441 e. The fourth-order valence-electron chi connectivity index (χ4n) is 3.34. The summed E-state index contributed by atoms with van der Waals surface area (Å²) in [5.74, 6) is 1.38. The number of nitrogens with one attached hydrogen (secondary N) is 1. The lowest BCUT2D eigenvalue weighted by Crippen LogP contribution is -2.27. The third-order valence-corrected chi connectivity index (χ3v) is 4.59. The Morgan fingerprint density at radius 1 is 1.20 bits per heavy atom. The van der Waals surface area contributed by atoms with Gasteiger partial charge >= 0.3 is 0 Å². The summed E-state index contributed by atoms with van der Waals surface area (Å²) in [6.07, 6.45) is 5.26. The van der Waals surface area contributed by atoms with Gasteiger partial charge in [-0.2, -0.15) is 0 Å². The molecule has 3 aromatic rings. The number of carbonyl (C=O) groups is 1. The van der Waals surface area contributed by atoms with E-state index < -0.39 is 0 Å². The first-order chi connectivity index (χ1) is 12.1. The lowest BCUT2D eigenvalue weighted by atomic mass is 10.0. The lowest BCUT2D eigenvalue weighted by Gasteiger charge is -2.14. The summed E-state index contributed by atoms with van der Waals surface area (Å²) in [6.45, 7) is 3.72. The first-order valence-electron chi connectivity index (χ1n) is 8.39. The number of nitrogens with zero attached hydrogens (tertiary/aromatic N) is 2. The topological polar surface area (TPSA) is 68.0 Å². The molecule has 0 saturated carbocycles. The van der Waals surface area contributed by atoms with Gasteiger partial charge in [-0.1, -0.05) is 12.1 Å². The van der Waals surface area contributed by atoms with Crippen molar-refractivity contribution in [3.05, 3.63) is 71.0 Å². The Kier molecular flexibility index (Phi) is 3.84. The summed E-state index contributed by atoms with van der Waals surface area (Å²) in [5.41, 5.74) is 4.94. The van der Waals surface area contributed by atoms with Gasteiger partial charge in [0.15, 0.2) is 11.7 Å². The number of amides is 1. The van der Waals surface area contributed by atoms with Gasteiger partial charge in [-0.3, -0.25) is 9.78 Å². The van der Waals surface area contributed by atoms with E-state index in [1.54, 1.807) is 24.5 Å². The normalized spacial score (nSPS) is 15.8. The molecule has 2 heterocycles. The molecule has 5 nitrogen and oxygen atoms in total. The van der Waals surface area contributed by atoms with Crippen molar-refractivity contribution in [1.82, 2.24) is 15.3 Å². The van der Waals surface area contributed by atoms with E-state index >= 15 is 0 Å². The van der Waals surface area contributed by atoms with Crippen LogP contribution in [-0.4, -0.2) is 15.9 Å². The Morgan fingerprint density at radius 3 is 2.84 bits per heavy atom. The summed E-state index contributed by atoms with van der Waals surface area (Å²) >= 11 is 0. The number of pyridine rings is 1. The minimum absolute atomic E-state index is 0.0430. The minimum atomic E-state index is -0.0571. The van der Waals surface area contributed by atoms with Crippen molar-refractivity contribution in [2.24, 2.45) is 0 Å². The molecular formula is C20H19N3O2. The van der Waals surface area contributed by atoms with Crippen LogP contribution in [0.25, 0.3) is 11.3 Å². The van der Waals surface area contributed by atoms with Gasteiger partial charge in [0.25, 0.3) is 5.91 Å². The van der Waals surface area contributed by atoms with Crippen LogP contribution in [-0.2, 0) is 6.42 Å². The molecule has 0 saturated heterocycles. The van der Waals surface area contributed by atoms with Gasteiger partial charge in [0.05, 0.1) is 12.2 Å². The molecule has 1 aliphatic rings. The van der Waals surface area contributed by atoms with E-state index in [1.807, 2.05) is 19.9 Å². The van der Waals surface area contributed by atoms with Crippen molar-refractivity contribution in [3.63, 3.8) is 0 Å². The van der Waals surface area contributed by atoms with E-state index in [4.69, 9.17) is 4.42 Å². The van der Waals surface area contributed by atoms with E-state index in [2.05, 4.69) is 27.4 Å². The molecule has 4 rings (SSSR count). The molecular weight excluding hydrogens is 314 g/mol. The quantitative estimate of drug-likeness (QED) is 0.792. The molecule has 1 aromatic carbocycles. The van der Waals surface area contributed by atoms with Gasteiger partial charge in [0, 0.05) is 29.9 Å². The van der Waals surface area contributed by atoms with Crippen LogP contribution >= 0.6 is 0 Å². The Hall–Kier alpha value is -2.95. The first kappa shape index (κ1) is 15.6. The molecule has 1 unspecified atom stereocenters. The second kappa shape index (κ2) is 6.16. The highest BCUT2D eigenvalue weighted by molar-refractivity contribution is 5.94. The highest BCUT2D eigenvalue weighted by Gasteiger charge is 2.25. The van der Waals surface area contributed by atoms with Crippen LogP contribution in [0.3, 0.4) is 0 Å². The van der Waals surface area contributed by atoms with Gasteiger partial charge in [0.2, 0.25) is 0 Å². The third kappa shape index (κ3) is 3.05. The number of aryl methyl sites for hydroxylation is 3. The van der Waals surface area contributed by atoms with Crippen LogP contribution in [0.2, 0.25) is 0 Å². The van der Waals surface area contributed by atoms with Crippen LogP contribution in [0.1, 0.15) is 45.5 Å². The number of hydrogen-bond acceptors (Lipinski definition) is 4. The maximum absolute atomic E-state index is 12.5. The van der Waals surface area contributed by atoms with Gasteiger partial charge in [-0.15, -0.1) is 0 Å². The SMILES string of the molecule is Cc1cc(C(=O)NC2CCc3cc(-c4cnc(C)o4)ccc32)ccn1. The number of oxazole rings is 1. The molecule has 126 valence electrons. The average Bonchev–Trinajstić information content (AvgIpc) is 3.21. The Balaban J connectivity index is 1.55. The molecule has 1 N–H and O–H groups in total. The zero-order chi connectivity index (χ0) is 17.4.